The number of anilines is 2. The third-order valence-electron chi connectivity index (χ3n) is 4.13. The Balaban J connectivity index is 1.88. The van der Waals surface area contributed by atoms with Crippen molar-refractivity contribution in [3.63, 3.8) is 0 Å². The Labute approximate surface area is 160 Å². The number of nitrogens with zero attached hydrogens (tertiary/aromatic N) is 2. The van der Waals surface area contributed by atoms with Gasteiger partial charge in [0.05, 0.1) is 18.2 Å². The molecule has 1 N–H and O–H groups in total. The molecule has 0 spiro atoms. The molecule has 4 aromatic rings. The van der Waals surface area contributed by atoms with Crippen molar-refractivity contribution in [2.75, 3.05) is 12.4 Å². The maximum atomic E-state index is 6.15. The fourth-order valence-electron chi connectivity index (χ4n) is 2.83. The van der Waals surface area contributed by atoms with E-state index in [1.807, 2.05) is 24.3 Å². The number of benzene rings is 2. The summed E-state index contributed by atoms with van der Waals surface area (Å²) in [4.78, 5) is 9.67. The zero-order valence-corrected chi connectivity index (χ0v) is 15.9. The van der Waals surface area contributed by atoms with Gasteiger partial charge in [0.15, 0.2) is 0 Å². The molecular weight excluding hydrogens is 366 g/mol. The lowest BCUT2D eigenvalue weighted by atomic mass is 10.0. The van der Waals surface area contributed by atoms with Crippen LogP contribution in [0.1, 0.15) is 5.56 Å². The minimum Gasteiger partial charge on any atom is -0.495 e. The topological polar surface area (TPSA) is 47.0 Å². The molecule has 2 aromatic heterocycles. The number of aryl methyl sites for hydroxylation is 1. The van der Waals surface area contributed by atoms with E-state index in [4.69, 9.17) is 16.3 Å². The summed E-state index contributed by atoms with van der Waals surface area (Å²) < 4.78 is 5.43. The van der Waals surface area contributed by atoms with Crippen LogP contribution in [0.5, 0.6) is 5.75 Å². The molecule has 0 saturated heterocycles. The van der Waals surface area contributed by atoms with Crippen LogP contribution in [0.15, 0.2) is 53.9 Å². The summed E-state index contributed by atoms with van der Waals surface area (Å²) >= 11 is 7.71. The Morgan fingerprint density at radius 1 is 1.04 bits per heavy atom. The highest BCUT2D eigenvalue weighted by atomic mass is 35.5. The maximum Gasteiger partial charge on any atom is 0.225 e. The molecule has 4 nitrogen and oxygen atoms in total. The van der Waals surface area contributed by atoms with Crippen LogP contribution in [0.3, 0.4) is 0 Å². The van der Waals surface area contributed by atoms with Crippen molar-refractivity contribution in [1.82, 2.24) is 9.97 Å². The normalized spacial score (nSPS) is 10.9. The number of fused-ring (bicyclic) bond motifs is 1. The van der Waals surface area contributed by atoms with Crippen LogP contribution in [0.4, 0.5) is 11.5 Å². The highest BCUT2D eigenvalue weighted by molar-refractivity contribution is 7.17. The fourth-order valence-corrected chi connectivity index (χ4v) is 3.99. The number of thiophene rings is 1. The van der Waals surface area contributed by atoms with E-state index in [0.29, 0.717) is 5.82 Å². The largest absolute Gasteiger partial charge is 0.495 e. The highest BCUT2D eigenvalue weighted by Gasteiger charge is 2.16. The molecule has 0 aliphatic carbocycles. The van der Waals surface area contributed by atoms with Crippen LogP contribution in [0.2, 0.25) is 5.28 Å². The maximum absolute atomic E-state index is 6.15. The summed E-state index contributed by atoms with van der Waals surface area (Å²) in [5, 5.41) is 6.62. The minimum absolute atomic E-state index is 0.215. The van der Waals surface area contributed by atoms with Crippen molar-refractivity contribution in [2.45, 2.75) is 6.92 Å². The molecule has 130 valence electrons. The molecule has 0 radical (unpaired) electrons. The third kappa shape index (κ3) is 3.11. The summed E-state index contributed by atoms with van der Waals surface area (Å²) in [6, 6.07) is 16.1. The standard InChI is InChI=1S/C20H16ClN3OS/c1-12-7-9-13(10-8-12)14-11-26-19-17(14)18(23-20(21)24-19)22-15-5-3-4-6-16(15)25-2/h3-11H,1-2H3,(H,22,23,24). The van der Waals surface area contributed by atoms with Crippen molar-refractivity contribution in [1.29, 1.82) is 0 Å². The molecule has 26 heavy (non-hydrogen) atoms. The number of rotatable bonds is 4. The number of hydrogen-bond donors (Lipinski definition) is 1. The number of hydrogen-bond acceptors (Lipinski definition) is 5. The van der Waals surface area contributed by atoms with Gasteiger partial charge in [0.1, 0.15) is 16.4 Å². The van der Waals surface area contributed by atoms with Crippen molar-refractivity contribution >= 4 is 44.7 Å². The van der Waals surface area contributed by atoms with Gasteiger partial charge in [0.25, 0.3) is 0 Å². The lowest BCUT2D eigenvalue weighted by Gasteiger charge is -2.12. The van der Waals surface area contributed by atoms with E-state index in [0.717, 1.165) is 32.8 Å². The Morgan fingerprint density at radius 3 is 2.58 bits per heavy atom. The number of halogens is 1. The van der Waals surface area contributed by atoms with Crippen molar-refractivity contribution < 1.29 is 4.74 Å². The Kier molecular flexibility index (Phi) is 4.49. The van der Waals surface area contributed by atoms with Gasteiger partial charge in [-0.05, 0) is 36.2 Å². The molecule has 0 unspecified atom stereocenters. The molecule has 2 heterocycles. The molecule has 0 atom stereocenters. The Morgan fingerprint density at radius 2 is 1.81 bits per heavy atom. The zero-order chi connectivity index (χ0) is 18.1. The van der Waals surface area contributed by atoms with E-state index in [2.05, 4.69) is 51.9 Å². The van der Waals surface area contributed by atoms with Crippen LogP contribution in [0.25, 0.3) is 21.3 Å². The van der Waals surface area contributed by atoms with Crippen molar-refractivity contribution in [3.8, 4) is 16.9 Å². The molecule has 6 heteroatoms. The SMILES string of the molecule is COc1ccccc1Nc1nc(Cl)nc2scc(-c3ccc(C)cc3)c12. The summed E-state index contributed by atoms with van der Waals surface area (Å²) in [5.74, 6) is 1.41. The van der Waals surface area contributed by atoms with Gasteiger partial charge in [-0.3, -0.25) is 0 Å². The van der Waals surface area contributed by atoms with E-state index in [-0.39, 0.29) is 5.28 Å². The number of ether oxygens (including phenoxy) is 1. The van der Waals surface area contributed by atoms with E-state index in [1.54, 1.807) is 18.4 Å². The number of nitrogens with one attached hydrogen (secondary N) is 1. The smallest absolute Gasteiger partial charge is 0.225 e. The van der Waals surface area contributed by atoms with Gasteiger partial charge < -0.3 is 10.1 Å². The van der Waals surface area contributed by atoms with E-state index in [9.17, 15) is 0 Å². The van der Waals surface area contributed by atoms with Crippen molar-refractivity contribution in [3.05, 3.63) is 64.8 Å². The van der Waals surface area contributed by atoms with Gasteiger partial charge in [-0.2, -0.15) is 4.98 Å². The first-order chi connectivity index (χ1) is 12.7. The predicted molar refractivity (Wildman–Crippen MR) is 109 cm³/mol. The van der Waals surface area contributed by atoms with E-state index >= 15 is 0 Å². The molecular formula is C20H16ClN3OS. The molecule has 4 rings (SSSR count). The molecule has 0 aliphatic heterocycles. The van der Waals surface area contributed by atoms with E-state index in [1.165, 1.54) is 5.56 Å². The molecule has 0 bridgehead atoms. The first kappa shape index (κ1) is 16.8. The number of aromatic nitrogens is 2. The zero-order valence-electron chi connectivity index (χ0n) is 14.3. The van der Waals surface area contributed by atoms with Crippen LogP contribution >= 0.6 is 22.9 Å². The van der Waals surface area contributed by atoms with Gasteiger partial charge >= 0.3 is 0 Å². The highest BCUT2D eigenvalue weighted by Crippen LogP contribution is 2.39. The molecule has 0 amide bonds. The average molecular weight is 382 g/mol. The van der Waals surface area contributed by atoms with Crippen LogP contribution in [-0.4, -0.2) is 17.1 Å². The molecule has 0 fully saturated rings. The average Bonchev–Trinajstić information content (AvgIpc) is 3.06. The number of methoxy groups -OCH3 is 1. The predicted octanol–water partition coefficient (Wildman–Crippen LogP) is 6.07. The first-order valence-corrected chi connectivity index (χ1v) is 9.33. The van der Waals surface area contributed by atoms with Gasteiger partial charge in [0, 0.05) is 10.9 Å². The Hall–Kier alpha value is -2.63. The van der Waals surface area contributed by atoms with Gasteiger partial charge in [-0.25, -0.2) is 4.98 Å². The van der Waals surface area contributed by atoms with Gasteiger partial charge in [-0.15, -0.1) is 11.3 Å². The van der Waals surface area contributed by atoms with E-state index < -0.39 is 0 Å². The minimum atomic E-state index is 0.215. The summed E-state index contributed by atoms with van der Waals surface area (Å²) in [6.07, 6.45) is 0. The monoisotopic (exact) mass is 381 g/mol. The summed E-state index contributed by atoms with van der Waals surface area (Å²) in [7, 11) is 1.64. The first-order valence-electron chi connectivity index (χ1n) is 8.07. The second kappa shape index (κ2) is 6.94. The van der Waals surface area contributed by atoms with Crippen LogP contribution in [0, 0.1) is 6.92 Å². The van der Waals surface area contributed by atoms with Gasteiger partial charge in [-0.1, -0.05) is 42.0 Å². The van der Waals surface area contributed by atoms with Crippen LogP contribution in [-0.2, 0) is 0 Å². The summed E-state index contributed by atoms with van der Waals surface area (Å²) in [5.41, 5.74) is 4.25. The third-order valence-corrected chi connectivity index (χ3v) is 5.17. The quantitative estimate of drug-likeness (QED) is 0.435. The second-order valence-electron chi connectivity index (χ2n) is 5.86. The molecule has 0 saturated carbocycles. The lowest BCUT2D eigenvalue weighted by molar-refractivity contribution is 0.417. The Bertz CT molecular complexity index is 1080. The fraction of sp³-hybridized carbons (Fsp3) is 0.100. The second-order valence-corrected chi connectivity index (χ2v) is 7.06. The summed E-state index contributed by atoms with van der Waals surface area (Å²) in [6.45, 7) is 2.08. The number of para-hydroxylation sites is 2. The van der Waals surface area contributed by atoms with Gasteiger partial charge in [0.2, 0.25) is 5.28 Å². The lowest BCUT2D eigenvalue weighted by Crippen LogP contribution is -1.98. The van der Waals surface area contributed by atoms with Crippen LogP contribution < -0.4 is 10.1 Å². The molecule has 0 aliphatic rings. The molecule has 2 aromatic carbocycles. The van der Waals surface area contributed by atoms with Crippen molar-refractivity contribution in [2.24, 2.45) is 0 Å².